The maximum Gasteiger partial charge on any atom is 0.226 e. The first-order chi connectivity index (χ1) is 8.90. The van der Waals surface area contributed by atoms with Gasteiger partial charge in [0.1, 0.15) is 0 Å². The van der Waals surface area contributed by atoms with Crippen molar-refractivity contribution in [1.82, 2.24) is 15.5 Å². The number of carbonyl (C=O) groups excluding carboxylic acids is 1. The fraction of sp³-hybridized carbons (Fsp3) is 0.933. The molecule has 2 atom stereocenters. The van der Waals surface area contributed by atoms with Crippen molar-refractivity contribution in [1.29, 1.82) is 0 Å². The van der Waals surface area contributed by atoms with Crippen molar-refractivity contribution in [2.45, 2.75) is 46.6 Å². The molecule has 0 aromatic rings. The van der Waals surface area contributed by atoms with Gasteiger partial charge in [0.05, 0.1) is 5.41 Å². The van der Waals surface area contributed by atoms with E-state index in [4.69, 9.17) is 0 Å². The Hall–Kier alpha value is -0.610. The first kappa shape index (κ1) is 16.4. The lowest BCUT2D eigenvalue weighted by Gasteiger charge is -2.36. The van der Waals surface area contributed by atoms with Crippen LogP contribution in [0.25, 0.3) is 0 Å². The van der Waals surface area contributed by atoms with Crippen molar-refractivity contribution in [2.24, 2.45) is 11.3 Å². The van der Waals surface area contributed by atoms with Gasteiger partial charge in [0.25, 0.3) is 0 Å². The molecule has 0 bridgehead atoms. The van der Waals surface area contributed by atoms with Crippen LogP contribution in [-0.4, -0.2) is 50.1 Å². The monoisotopic (exact) mass is 269 g/mol. The van der Waals surface area contributed by atoms with Crippen LogP contribution in [0.2, 0.25) is 0 Å². The summed E-state index contributed by atoms with van der Waals surface area (Å²) in [6.07, 6.45) is 2.59. The molecule has 0 aliphatic carbocycles. The highest BCUT2D eigenvalue weighted by Gasteiger charge is 2.29. The standard InChI is InChI=1S/C15H31N3O/c1-6-18-9-7-8-13(10-18)12(2)17-11-15(3,4)14(19)16-5/h12-13,17H,6-11H2,1-5H3,(H,16,19). The van der Waals surface area contributed by atoms with Gasteiger partial charge < -0.3 is 15.5 Å². The Kier molecular flexibility index (Phi) is 6.27. The quantitative estimate of drug-likeness (QED) is 0.767. The fourth-order valence-corrected chi connectivity index (χ4v) is 2.79. The van der Waals surface area contributed by atoms with Crippen molar-refractivity contribution >= 4 is 5.91 Å². The van der Waals surface area contributed by atoms with E-state index in [-0.39, 0.29) is 11.3 Å². The van der Waals surface area contributed by atoms with E-state index in [1.807, 2.05) is 13.8 Å². The highest BCUT2D eigenvalue weighted by atomic mass is 16.2. The van der Waals surface area contributed by atoms with Gasteiger partial charge in [0.2, 0.25) is 5.91 Å². The van der Waals surface area contributed by atoms with Gasteiger partial charge in [0.15, 0.2) is 0 Å². The van der Waals surface area contributed by atoms with E-state index in [9.17, 15) is 4.79 Å². The number of rotatable bonds is 6. The van der Waals surface area contributed by atoms with Gasteiger partial charge in [-0.2, -0.15) is 0 Å². The molecule has 2 N–H and O–H groups in total. The Labute approximate surface area is 118 Å². The van der Waals surface area contributed by atoms with Crippen LogP contribution in [0.4, 0.5) is 0 Å². The maximum absolute atomic E-state index is 11.8. The number of likely N-dealkylation sites (tertiary alicyclic amines) is 1. The van der Waals surface area contributed by atoms with Crippen molar-refractivity contribution in [2.75, 3.05) is 33.2 Å². The number of carbonyl (C=O) groups is 1. The molecule has 0 spiro atoms. The van der Waals surface area contributed by atoms with Crippen LogP contribution in [0.3, 0.4) is 0 Å². The third-order valence-electron chi connectivity index (χ3n) is 4.40. The van der Waals surface area contributed by atoms with Crippen LogP contribution in [0.5, 0.6) is 0 Å². The third-order valence-corrected chi connectivity index (χ3v) is 4.40. The number of nitrogens with zero attached hydrogens (tertiary/aromatic N) is 1. The van der Waals surface area contributed by atoms with Crippen molar-refractivity contribution in [3.8, 4) is 0 Å². The van der Waals surface area contributed by atoms with E-state index in [1.165, 1.54) is 25.9 Å². The highest BCUT2D eigenvalue weighted by Crippen LogP contribution is 2.21. The number of nitrogens with one attached hydrogen (secondary N) is 2. The topological polar surface area (TPSA) is 44.4 Å². The van der Waals surface area contributed by atoms with E-state index in [0.717, 1.165) is 13.1 Å². The Morgan fingerprint density at radius 1 is 1.47 bits per heavy atom. The zero-order chi connectivity index (χ0) is 14.5. The molecule has 112 valence electrons. The lowest BCUT2D eigenvalue weighted by molar-refractivity contribution is -0.128. The summed E-state index contributed by atoms with van der Waals surface area (Å²) in [7, 11) is 1.70. The lowest BCUT2D eigenvalue weighted by Crippen LogP contribution is -2.49. The van der Waals surface area contributed by atoms with Gasteiger partial charge in [-0.1, -0.05) is 6.92 Å². The van der Waals surface area contributed by atoms with E-state index < -0.39 is 0 Å². The average molecular weight is 269 g/mol. The summed E-state index contributed by atoms with van der Waals surface area (Å²) in [5, 5.41) is 6.30. The molecule has 0 aromatic heterocycles. The molecule has 2 unspecified atom stereocenters. The molecule has 0 saturated carbocycles. The minimum Gasteiger partial charge on any atom is -0.359 e. The Balaban J connectivity index is 2.42. The minimum absolute atomic E-state index is 0.103. The maximum atomic E-state index is 11.8. The summed E-state index contributed by atoms with van der Waals surface area (Å²) in [5.74, 6) is 0.806. The summed E-state index contributed by atoms with van der Waals surface area (Å²) in [6, 6.07) is 0.471. The summed E-state index contributed by atoms with van der Waals surface area (Å²) >= 11 is 0. The van der Waals surface area contributed by atoms with Crippen LogP contribution in [0, 0.1) is 11.3 Å². The van der Waals surface area contributed by atoms with Crippen LogP contribution >= 0.6 is 0 Å². The molecule has 1 aliphatic heterocycles. The number of amides is 1. The molecule has 1 heterocycles. The molecule has 1 rings (SSSR count). The van der Waals surface area contributed by atoms with E-state index in [2.05, 4.69) is 29.4 Å². The van der Waals surface area contributed by atoms with Crippen molar-refractivity contribution in [3.05, 3.63) is 0 Å². The summed E-state index contributed by atoms with van der Waals surface area (Å²) in [6.45, 7) is 12.8. The molecular weight excluding hydrogens is 238 g/mol. The Bertz CT molecular complexity index is 291. The molecule has 1 fully saturated rings. The largest absolute Gasteiger partial charge is 0.359 e. The van der Waals surface area contributed by atoms with Gasteiger partial charge in [-0.05, 0) is 52.6 Å². The number of hydrogen-bond acceptors (Lipinski definition) is 3. The molecule has 0 aromatic carbocycles. The van der Waals surface area contributed by atoms with E-state index in [0.29, 0.717) is 12.0 Å². The third kappa shape index (κ3) is 4.77. The van der Waals surface area contributed by atoms with Gasteiger partial charge in [-0.15, -0.1) is 0 Å². The van der Waals surface area contributed by atoms with Gasteiger partial charge in [-0.3, -0.25) is 4.79 Å². The van der Waals surface area contributed by atoms with Crippen LogP contribution in [0.15, 0.2) is 0 Å². The van der Waals surface area contributed by atoms with Gasteiger partial charge in [-0.25, -0.2) is 0 Å². The van der Waals surface area contributed by atoms with Gasteiger partial charge in [0, 0.05) is 26.2 Å². The van der Waals surface area contributed by atoms with Crippen molar-refractivity contribution in [3.63, 3.8) is 0 Å². The highest BCUT2D eigenvalue weighted by molar-refractivity contribution is 5.81. The normalized spacial score (nSPS) is 23.1. The predicted octanol–water partition coefficient (Wildman–Crippen LogP) is 1.47. The predicted molar refractivity (Wildman–Crippen MR) is 80.2 cm³/mol. The molecule has 1 saturated heterocycles. The zero-order valence-corrected chi connectivity index (χ0v) is 13.3. The molecule has 1 amide bonds. The second-order valence-electron chi connectivity index (χ2n) is 6.43. The second-order valence-corrected chi connectivity index (χ2v) is 6.43. The first-order valence-corrected chi connectivity index (χ1v) is 7.58. The molecule has 0 radical (unpaired) electrons. The Morgan fingerprint density at radius 3 is 2.74 bits per heavy atom. The first-order valence-electron chi connectivity index (χ1n) is 7.58. The number of hydrogen-bond donors (Lipinski definition) is 2. The molecule has 19 heavy (non-hydrogen) atoms. The van der Waals surface area contributed by atoms with Crippen LogP contribution < -0.4 is 10.6 Å². The SMILES string of the molecule is CCN1CCCC(C(C)NCC(C)(C)C(=O)NC)C1. The summed E-state index contributed by atoms with van der Waals surface area (Å²) in [5.41, 5.74) is -0.345. The summed E-state index contributed by atoms with van der Waals surface area (Å²) < 4.78 is 0. The van der Waals surface area contributed by atoms with E-state index >= 15 is 0 Å². The Morgan fingerprint density at radius 2 is 2.16 bits per heavy atom. The molecule has 4 nitrogen and oxygen atoms in total. The molecule has 1 aliphatic rings. The lowest BCUT2D eigenvalue weighted by atomic mass is 9.88. The van der Waals surface area contributed by atoms with Crippen LogP contribution in [0.1, 0.15) is 40.5 Å². The zero-order valence-electron chi connectivity index (χ0n) is 13.3. The number of piperidine rings is 1. The van der Waals surface area contributed by atoms with Crippen LogP contribution in [-0.2, 0) is 4.79 Å². The van der Waals surface area contributed by atoms with Gasteiger partial charge >= 0.3 is 0 Å². The smallest absolute Gasteiger partial charge is 0.226 e. The molecular formula is C15H31N3O. The fourth-order valence-electron chi connectivity index (χ4n) is 2.79. The van der Waals surface area contributed by atoms with E-state index in [1.54, 1.807) is 7.05 Å². The second kappa shape index (κ2) is 7.25. The minimum atomic E-state index is -0.345. The molecule has 4 heteroatoms. The average Bonchev–Trinajstić information content (AvgIpc) is 2.43. The van der Waals surface area contributed by atoms with Crippen molar-refractivity contribution < 1.29 is 4.79 Å². The summed E-state index contributed by atoms with van der Waals surface area (Å²) in [4.78, 5) is 14.3.